The lowest BCUT2D eigenvalue weighted by Gasteiger charge is -2.31. The molecule has 1 unspecified atom stereocenters. The minimum Gasteiger partial charge on any atom is -0.340 e. The van der Waals surface area contributed by atoms with Gasteiger partial charge in [0.25, 0.3) is 0 Å². The monoisotopic (exact) mass is 251 g/mol. The van der Waals surface area contributed by atoms with Gasteiger partial charge in [-0.25, -0.2) is 0 Å². The van der Waals surface area contributed by atoms with Crippen molar-refractivity contribution in [1.82, 2.24) is 4.90 Å². The number of carbonyl (C=O) groups excluding carboxylic acids is 1. The molecule has 2 nitrogen and oxygen atoms in total. The van der Waals surface area contributed by atoms with Crippen molar-refractivity contribution in [1.29, 1.82) is 0 Å². The van der Waals surface area contributed by atoms with E-state index in [0.29, 0.717) is 10.6 Å². The first-order valence-corrected chi connectivity index (χ1v) is 6.40. The van der Waals surface area contributed by atoms with Crippen LogP contribution in [0.2, 0.25) is 0 Å². The molecule has 1 aliphatic heterocycles. The van der Waals surface area contributed by atoms with Crippen LogP contribution in [0.15, 0.2) is 0 Å². The Bertz CT molecular complexity index is 165. The van der Waals surface area contributed by atoms with Crippen LogP contribution in [-0.2, 0) is 4.79 Å². The second-order valence-electron chi connectivity index (χ2n) is 2.87. The van der Waals surface area contributed by atoms with Gasteiger partial charge in [0.1, 0.15) is 0 Å². The predicted molar refractivity (Wildman–Crippen MR) is 56.9 cm³/mol. The molecule has 1 atom stereocenters. The molecule has 0 N–H and O–H groups in total. The Balaban J connectivity index is 2.40. The van der Waals surface area contributed by atoms with Crippen LogP contribution in [-0.4, -0.2) is 40.2 Å². The van der Waals surface area contributed by atoms with E-state index in [9.17, 15) is 4.79 Å². The molecule has 4 heteroatoms. The van der Waals surface area contributed by atoms with E-state index in [1.54, 1.807) is 0 Å². The molecule has 1 fully saturated rings. The van der Waals surface area contributed by atoms with Crippen molar-refractivity contribution in [2.45, 2.75) is 18.6 Å². The highest BCUT2D eigenvalue weighted by molar-refractivity contribution is 9.09. The van der Waals surface area contributed by atoms with Crippen LogP contribution in [0.25, 0.3) is 0 Å². The Labute approximate surface area is 86.2 Å². The summed E-state index contributed by atoms with van der Waals surface area (Å²) in [6.07, 6.45) is 1.16. The first-order valence-electron chi connectivity index (χ1n) is 4.23. The van der Waals surface area contributed by atoms with Gasteiger partial charge in [-0.1, -0.05) is 22.9 Å². The van der Waals surface area contributed by atoms with Gasteiger partial charge < -0.3 is 4.90 Å². The number of alkyl halides is 1. The van der Waals surface area contributed by atoms with E-state index in [4.69, 9.17) is 0 Å². The van der Waals surface area contributed by atoms with Crippen molar-refractivity contribution < 1.29 is 4.79 Å². The maximum Gasteiger partial charge on any atom is 0.233 e. The van der Waals surface area contributed by atoms with Gasteiger partial charge in [-0.05, 0) is 6.42 Å². The molecule has 1 heterocycles. The summed E-state index contributed by atoms with van der Waals surface area (Å²) < 4.78 is 0. The number of thioether (sulfide) groups is 1. The van der Waals surface area contributed by atoms with Crippen molar-refractivity contribution in [3.05, 3.63) is 0 Å². The minimum absolute atomic E-state index is 0.230. The zero-order valence-corrected chi connectivity index (χ0v) is 9.66. The maximum atomic E-state index is 11.3. The van der Waals surface area contributed by atoms with Gasteiger partial charge in [-0.2, -0.15) is 11.8 Å². The average molecular weight is 252 g/mol. The van der Waals surface area contributed by atoms with E-state index in [0.717, 1.165) is 25.3 Å². The molecule has 1 rings (SSSR count). The third-order valence-electron chi connectivity index (χ3n) is 2.06. The molecule has 12 heavy (non-hydrogen) atoms. The van der Waals surface area contributed by atoms with Crippen molar-refractivity contribution in [2.24, 2.45) is 0 Å². The Morgan fingerprint density at radius 1 is 1.75 bits per heavy atom. The molecule has 0 spiro atoms. The number of hydrogen-bond donors (Lipinski definition) is 0. The standard InChI is InChI=1S/C8H14BrNOS/c1-2-7-6-10(3-4-12-7)8(11)5-9/h7H,2-6H2,1H3. The smallest absolute Gasteiger partial charge is 0.233 e. The van der Waals surface area contributed by atoms with E-state index in [1.807, 2.05) is 16.7 Å². The van der Waals surface area contributed by atoms with Gasteiger partial charge in [0.05, 0.1) is 5.33 Å². The van der Waals surface area contributed by atoms with Crippen LogP contribution < -0.4 is 0 Å². The molecule has 0 aliphatic carbocycles. The summed E-state index contributed by atoms with van der Waals surface area (Å²) in [6.45, 7) is 4.04. The fraction of sp³-hybridized carbons (Fsp3) is 0.875. The molecule has 70 valence electrons. The highest BCUT2D eigenvalue weighted by atomic mass is 79.9. The van der Waals surface area contributed by atoms with Crippen molar-refractivity contribution >= 4 is 33.6 Å². The number of carbonyl (C=O) groups is 1. The molecular formula is C8H14BrNOS. The van der Waals surface area contributed by atoms with Gasteiger partial charge in [-0.3, -0.25) is 4.79 Å². The molecule has 0 aromatic heterocycles. The average Bonchev–Trinajstić information content (AvgIpc) is 2.17. The number of nitrogens with zero attached hydrogens (tertiary/aromatic N) is 1. The van der Waals surface area contributed by atoms with Crippen LogP contribution in [0.5, 0.6) is 0 Å². The zero-order chi connectivity index (χ0) is 8.97. The molecular weight excluding hydrogens is 238 g/mol. The molecule has 0 saturated carbocycles. The molecule has 0 aromatic carbocycles. The Morgan fingerprint density at radius 2 is 2.50 bits per heavy atom. The number of hydrogen-bond acceptors (Lipinski definition) is 2. The SMILES string of the molecule is CCC1CN(C(=O)CBr)CCS1. The van der Waals surface area contributed by atoms with Crippen LogP contribution >= 0.6 is 27.7 Å². The Morgan fingerprint density at radius 3 is 3.08 bits per heavy atom. The number of halogens is 1. The summed E-state index contributed by atoms with van der Waals surface area (Å²) in [5.41, 5.74) is 0. The minimum atomic E-state index is 0.230. The topological polar surface area (TPSA) is 20.3 Å². The van der Waals surface area contributed by atoms with Crippen LogP contribution in [0.1, 0.15) is 13.3 Å². The molecule has 1 saturated heterocycles. The third kappa shape index (κ3) is 2.66. The van der Waals surface area contributed by atoms with E-state index >= 15 is 0 Å². The van der Waals surface area contributed by atoms with Crippen molar-refractivity contribution in [3.8, 4) is 0 Å². The Kier molecular flexibility index (Phi) is 4.43. The maximum absolute atomic E-state index is 11.3. The lowest BCUT2D eigenvalue weighted by molar-refractivity contribution is -0.128. The van der Waals surface area contributed by atoms with Crippen molar-refractivity contribution in [2.75, 3.05) is 24.2 Å². The quantitative estimate of drug-likeness (QED) is 0.698. The predicted octanol–water partition coefficient (Wildman–Crippen LogP) is 1.74. The Hall–Kier alpha value is 0.300. The largest absolute Gasteiger partial charge is 0.340 e. The summed E-state index contributed by atoms with van der Waals surface area (Å²) >= 11 is 5.18. The highest BCUT2D eigenvalue weighted by Gasteiger charge is 2.21. The number of rotatable bonds is 2. The molecule has 0 aromatic rings. The summed E-state index contributed by atoms with van der Waals surface area (Å²) in [5, 5.41) is 1.12. The first-order chi connectivity index (χ1) is 5.77. The fourth-order valence-electron chi connectivity index (χ4n) is 1.28. The summed E-state index contributed by atoms with van der Waals surface area (Å²) in [6, 6.07) is 0. The molecule has 0 bridgehead atoms. The fourth-order valence-corrected chi connectivity index (χ4v) is 2.81. The van der Waals surface area contributed by atoms with Gasteiger partial charge >= 0.3 is 0 Å². The van der Waals surface area contributed by atoms with Crippen LogP contribution in [0, 0.1) is 0 Å². The zero-order valence-electron chi connectivity index (χ0n) is 7.25. The number of amides is 1. The van der Waals surface area contributed by atoms with E-state index < -0.39 is 0 Å². The lowest BCUT2D eigenvalue weighted by atomic mass is 10.3. The van der Waals surface area contributed by atoms with Crippen molar-refractivity contribution in [3.63, 3.8) is 0 Å². The normalized spacial score (nSPS) is 24.2. The first kappa shape index (κ1) is 10.4. The molecule has 1 aliphatic rings. The van der Waals surface area contributed by atoms with Gasteiger partial charge in [0.15, 0.2) is 0 Å². The van der Waals surface area contributed by atoms with E-state index in [2.05, 4.69) is 22.9 Å². The van der Waals surface area contributed by atoms with Crippen LogP contribution in [0.3, 0.4) is 0 Å². The summed E-state index contributed by atoms with van der Waals surface area (Å²) in [4.78, 5) is 13.3. The van der Waals surface area contributed by atoms with Gasteiger partial charge in [0, 0.05) is 24.1 Å². The second-order valence-corrected chi connectivity index (χ2v) is 4.84. The molecule has 0 radical (unpaired) electrons. The summed E-state index contributed by atoms with van der Waals surface area (Å²) in [7, 11) is 0. The van der Waals surface area contributed by atoms with Crippen LogP contribution in [0.4, 0.5) is 0 Å². The molecule has 1 amide bonds. The highest BCUT2D eigenvalue weighted by Crippen LogP contribution is 2.21. The van der Waals surface area contributed by atoms with E-state index in [1.165, 1.54) is 0 Å². The van der Waals surface area contributed by atoms with Gasteiger partial charge in [0.2, 0.25) is 5.91 Å². The second kappa shape index (κ2) is 5.12. The third-order valence-corrected chi connectivity index (χ3v) is 3.91. The van der Waals surface area contributed by atoms with Gasteiger partial charge in [-0.15, -0.1) is 0 Å². The van der Waals surface area contributed by atoms with E-state index in [-0.39, 0.29) is 5.91 Å². The summed E-state index contributed by atoms with van der Waals surface area (Å²) in [5.74, 6) is 1.32. The lowest BCUT2D eigenvalue weighted by Crippen LogP contribution is -2.42.